The fourth-order valence-corrected chi connectivity index (χ4v) is 2.03. The summed E-state index contributed by atoms with van der Waals surface area (Å²) in [6.07, 6.45) is 0.720. The molecule has 1 amide bonds. The molecule has 5 nitrogen and oxygen atoms in total. The fraction of sp³-hybridized carbons (Fsp3) is 0.467. The van der Waals surface area contributed by atoms with Crippen LogP contribution in [0.1, 0.15) is 25.8 Å². The van der Waals surface area contributed by atoms with E-state index in [4.69, 9.17) is 14.7 Å². The third-order valence-electron chi connectivity index (χ3n) is 3.03. The summed E-state index contributed by atoms with van der Waals surface area (Å²) < 4.78 is 10.9. The van der Waals surface area contributed by atoms with Crippen molar-refractivity contribution >= 4 is 11.6 Å². The number of carbonyl (C=O) groups excluding carboxylic acids is 1. The van der Waals surface area contributed by atoms with E-state index in [9.17, 15) is 4.79 Å². The topological polar surface area (TPSA) is 71.3 Å². The van der Waals surface area contributed by atoms with Crippen LogP contribution >= 0.6 is 0 Å². The first-order valence-corrected chi connectivity index (χ1v) is 6.69. The Kier molecular flexibility index (Phi) is 4.59. The Morgan fingerprint density at radius 1 is 1.55 bits per heavy atom. The van der Waals surface area contributed by atoms with Crippen LogP contribution in [0.5, 0.6) is 5.75 Å². The van der Waals surface area contributed by atoms with E-state index in [0.29, 0.717) is 30.2 Å². The van der Waals surface area contributed by atoms with Crippen LogP contribution in [0.3, 0.4) is 0 Å². The lowest BCUT2D eigenvalue weighted by Gasteiger charge is -2.16. The molecule has 1 atom stereocenters. The summed E-state index contributed by atoms with van der Waals surface area (Å²) in [7, 11) is 0. The summed E-state index contributed by atoms with van der Waals surface area (Å²) >= 11 is 0. The number of anilines is 1. The van der Waals surface area contributed by atoms with Gasteiger partial charge in [0.2, 0.25) is 5.91 Å². The molecule has 0 saturated carbocycles. The molecule has 1 aliphatic rings. The quantitative estimate of drug-likeness (QED) is 0.914. The first-order valence-electron chi connectivity index (χ1n) is 6.69. The molecule has 5 heteroatoms. The molecule has 1 heterocycles. The van der Waals surface area contributed by atoms with Gasteiger partial charge in [0.25, 0.3) is 0 Å². The molecule has 2 rings (SSSR count). The zero-order valence-electron chi connectivity index (χ0n) is 11.7. The van der Waals surface area contributed by atoms with Gasteiger partial charge in [-0.3, -0.25) is 4.79 Å². The number of carbonyl (C=O) groups is 1. The molecule has 106 valence electrons. The first-order chi connectivity index (χ1) is 9.60. The molecule has 1 aromatic rings. The summed E-state index contributed by atoms with van der Waals surface area (Å²) in [5, 5.41) is 11.8. The van der Waals surface area contributed by atoms with Crippen LogP contribution in [0, 0.1) is 17.2 Å². The molecule has 1 aromatic carbocycles. The van der Waals surface area contributed by atoms with Crippen molar-refractivity contribution in [2.75, 3.05) is 18.5 Å². The number of nitriles is 1. The first kappa shape index (κ1) is 14.4. The van der Waals surface area contributed by atoms with E-state index in [-0.39, 0.29) is 17.9 Å². The normalized spacial score (nSPS) is 17.8. The van der Waals surface area contributed by atoms with E-state index >= 15 is 0 Å². The van der Waals surface area contributed by atoms with Gasteiger partial charge in [-0.25, -0.2) is 0 Å². The molecule has 0 bridgehead atoms. The van der Waals surface area contributed by atoms with Crippen molar-refractivity contribution in [2.45, 2.75) is 26.4 Å². The number of nitrogens with one attached hydrogen (secondary N) is 1. The molecule has 1 saturated heterocycles. The van der Waals surface area contributed by atoms with Gasteiger partial charge in [-0.05, 0) is 38.5 Å². The average molecular weight is 274 g/mol. The van der Waals surface area contributed by atoms with E-state index < -0.39 is 0 Å². The molecule has 0 spiro atoms. The molecular weight excluding hydrogens is 256 g/mol. The maximum Gasteiger partial charge on any atom is 0.230 e. The van der Waals surface area contributed by atoms with Crippen molar-refractivity contribution in [3.8, 4) is 11.8 Å². The van der Waals surface area contributed by atoms with E-state index in [0.717, 1.165) is 6.42 Å². The number of hydrogen-bond donors (Lipinski definition) is 1. The highest BCUT2D eigenvalue weighted by molar-refractivity contribution is 5.94. The predicted molar refractivity (Wildman–Crippen MR) is 74.5 cm³/mol. The smallest absolute Gasteiger partial charge is 0.230 e. The Morgan fingerprint density at radius 2 is 2.35 bits per heavy atom. The highest BCUT2D eigenvalue weighted by atomic mass is 16.5. The van der Waals surface area contributed by atoms with Crippen molar-refractivity contribution in [3.05, 3.63) is 23.8 Å². The minimum atomic E-state index is -0.132. The second-order valence-electron chi connectivity index (χ2n) is 5.04. The van der Waals surface area contributed by atoms with Gasteiger partial charge in [0, 0.05) is 6.61 Å². The zero-order valence-corrected chi connectivity index (χ0v) is 11.7. The van der Waals surface area contributed by atoms with Crippen LogP contribution in [0.25, 0.3) is 0 Å². The van der Waals surface area contributed by atoms with E-state index in [2.05, 4.69) is 11.4 Å². The molecule has 20 heavy (non-hydrogen) atoms. The maximum atomic E-state index is 12.1. The maximum absolute atomic E-state index is 12.1. The number of benzene rings is 1. The van der Waals surface area contributed by atoms with Crippen molar-refractivity contribution in [1.29, 1.82) is 5.26 Å². The van der Waals surface area contributed by atoms with Crippen LogP contribution in [0.2, 0.25) is 0 Å². The van der Waals surface area contributed by atoms with Crippen molar-refractivity contribution in [1.82, 2.24) is 0 Å². The monoisotopic (exact) mass is 274 g/mol. The van der Waals surface area contributed by atoms with E-state index in [1.54, 1.807) is 18.2 Å². The van der Waals surface area contributed by atoms with Crippen molar-refractivity contribution in [2.24, 2.45) is 5.92 Å². The lowest BCUT2D eigenvalue weighted by atomic mass is 10.1. The summed E-state index contributed by atoms with van der Waals surface area (Å²) in [5.74, 6) is 0.352. The fourth-order valence-electron chi connectivity index (χ4n) is 2.03. The van der Waals surface area contributed by atoms with E-state index in [1.165, 1.54) is 0 Å². The SMILES string of the molecule is CC(C)Oc1ccc(C#N)cc1NC(=O)C1CCOC1. The Hall–Kier alpha value is -2.06. The number of rotatable bonds is 4. The van der Waals surface area contributed by atoms with Gasteiger partial charge in [-0.1, -0.05) is 0 Å². The molecule has 1 aliphatic heterocycles. The summed E-state index contributed by atoms with van der Waals surface area (Å²) in [6, 6.07) is 7.07. The minimum absolute atomic E-state index is 0.00611. The standard InChI is InChI=1S/C15H18N2O3/c1-10(2)20-14-4-3-11(8-16)7-13(14)17-15(18)12-5-6-19-9-12/h3-4,7,10,12H,5-6,9H2,1-2H3,(H,17,18). The number of nitrogens with zero attached hydrogens (tertiary/aromatic N) is 1. The highest BCUT2D eigenvalue weighted by Gasteiger charge is 2.24. The Balaban J connectivity index is 2.18. The Labute approximate surface area is 118 Å². The summed E-state index contributed by atoms with van der Waals surface area (Å²) in [4.78, 5) is 12.1. The third kappa shape index (κ3) is 3.49. The lowest BCUT2D eigenvalue weighted by Crippen LogP contribution is -2.23. The number of ether oxygens (including phenoxy) is 2. The molecule has 1 N–H and O–H groups in total. The van der Waals surface area contributed by atoms with Crippen molar-refractivity contribution < 1.29 is 14.3 Å². The second kappa shape index (κ2) is 6.40. The van der Waals surface area contributed by atoms with Crippen LogP contribution in [0.4, 0.5) is 5.69 Å². The van der Waals surface area contributed by atoms with Gasteiger partial charge in [0.05, 0.1) is 35.9 Å². The molecular formula is C15H18N2O3. The van der Waals surface area contributed by atoms with Gasteiger partial charge in [0.15, 0.2) is 0 Å². The molecule has 0 aliphatic carbocycles. The summed E-state index contributed by atoms with van der Waals surface area (Å²) in [5.41, 5.74) is 1.02. The largest absolute Gasteiger partial charge is 0.489 e. The van der Waals surface area contributed by atoms with Crippen LogP contribution in [-0.2, 0) is 9.53 Å². The van der Waals surface area contributed by atoms with Gasteiger partial charge in [-0.2, -0.15) is 5.26 Å². The molecule has 0 aromatic heterocycles. The molecule has 1 unspecified atom stereocenters. The number of hydrogen-bond acceptors (Lipinski definition) is 4. The second-order valence-corrected chi connectivity index (χ2v) is 5.04. The summed E-state index contributed by atoms with van der Waals surface area (Å²) in [6.45, 7) is 4.89. The van der Waals surface area contributed by atoms with Crippen LogP contribution < -0.4 is 10.1 Å². The highest BCUT2D eigenvalue weighted by Crippen LogP contribution is 2.28. The van der Waals surface area contributed by atoms with Crippen LogP contribution in [-0.4, -0.2) is 25.2 Å². The Bertz CT molecular complexity index is 528. The van der Waals surface area contributed by atoms with Gasteiger partial charge >= 0.3 is 0 Å². The number of amides is 1. The average Bonchev–Trinajstić information content (AvgIpc) is 2.94. The predicted octanol–water partition coefficient (Wildman–Crippen LogP) is 2.32. The van der Waals surface area contributed by atoms with E-state index in [1.807, 2.05) is 13.8 Å². The Morgan fingerprint density at radius 3 is 2.95 bits per heavy atom. The van der Waals surface area contributed by atoms with Gasteiger partial charge in [0.1, 0.15) is 5.75 Å². The minimum Gasteiger partial charge on any atom is -0.489 e. The molecule has 0 radical (unpaired) electrons. The van der Waals surface area contributed by atoms with Gasteiger partial charge < -0.3 is 14.8 Å². The third-order valence-corrected chi connectivity index (χ3v) is 3.03. The van der Waals surface area contributed by atoms with Gasteiger partial charge in [-0.15, -0.1) is 0 Å². The molecule has 1 fully saturated rings. The zero-order chi connectivity index (χ0) is 14.5. The lowest BCUT2D eigenvalue weighted by molar-refractivity contribution is -0.119. The van der Waals surface area contributed by atoms with Crippen molar-refractivity contribution in [3.63, 3.8) is 0 Å². The van der Waals surface area contributed by atoms with Crippen LogP contribution in [0.15, 0.2) is 18.2 Å².